The summed E-state index contributed by atoms with van der Waals surface area (Å²) >= 11 is 0. The topological polar surface area (TPSA) is 56.2 Å². The Hall–Kier alpha value is -3.08. The molecule has 0 fully saturated rings. The Morgan fingerprint density at radius 1 is 1.15 bits per heavy atom. The van der Waals surface area contributed by atoms with Crippen LogP contribution in [0, 0.1) is 0 Å². The smallest absolute Gasteiger partial charge is 0.255 e. The third-order valence-corrected chi connectivity index (χ3v) is 4.33. The number of carbonyl (C=O) groups excluding carboxylic acids is 1. The lowest BCUT2D eigenvalue weighted by atomic mass is 10.1. The van der Waals surface area contributed by atoms with Crippen LogP contribution in [0.2, 0.25) is 0 Å². The fourth-order valence-corrected chi connectivity index (χ4v) is 2.70. The summed E-state index contributed by atoms with van der Waals surface area (Å²) in [7, 11) is 1.62. The molecule has 0 aliphatic rings. The standard InChI is InChI=1S/C21H23N3O2/c1-4-15(2)22-21(25)18-14-24(16-10-6-5-7-11-16)23-20(18)17-12-8-9-13-19(17)26-3/h5-15H,4H2,1-3H3,(H,22,25)/t15-/m1/s1. The molecular weight excluding hydrogens is 326 g/mol. The van der Waals surface area contributed by atoms with Crippen molar-refractivity contribution in [2.24, 2.45) is 0 Å². The number of methoxy groups -OCH3 is 1. The Bertz CT molecular complexity index is 887. The normalized spacial score (nSPS) is 11.8. The predicted octanol–water partition coefficient (Wildman–Crippen LogP) is 4.08. The van der Waals surface area contributed by atoms with E-state index in [9.17, 15) is 4.79 Å². The number of hydrogen-bond acceptors (Lipinski definition) is 3. The largest absolute Gasteiger partial charge is 0.496 e. The molecule has 0 saturated carbocycles. The molecule has 134 valence electrons. The second-order valence-electron chi connectivity index (χ2n) is 6.15. The summed E-state index contributed by atoms with van der Waals surface area (Å²) in [4.78, 5) is 12.8. The van der Waals surface area contributed by atoms with E-state index in [1.54, 1.807) is 18.0 Å². The second kappa shape index (κ2) is 7.87. The van der Waals surface area contributed by atoms with Gasteiger partial charge in [-0.3, -0.25) is 4.79 Å². The first-order valence-electron chi connectivity index (χ1n) is 8.73. The maximum atomic E-state index is 12.8. The number of benzene rings is 2. The molecule has 26 heavy (non-hydrogen) atoms. The van der Waals surface area contributed by atoms with Gasteiger partial charge >= 0.3 is 0 Å². The van der Waals surface area contributed by atoms with Crippen molar-refractivity contribution in [3.05, 3.63) is 66.4 Å². The minimum Gasteiger partial charge on any atom is -0.496 e. The lowest BCUT2D eigenvalue weighted by Gasteiger charge is -2.12. The summed E-state index contributed by atoms with van der Waals surface area (Å²) in [6, 6.07) is 17.4. The summed E-state index contributed by atoms with van der Waals surface area (Å²) in [6.07, 6.45) is 2.64. The van der Waals surface area contributed by atoms with Crippen LogP contribution in [0.15, 0.2) is 60.8 Å². The number of nitrogens with zero attached hydrogens (tertiary/aromatic N) is 2. The molecule has 0 spiro atoms. The number of ether oxygens (including phenoxy) is 1. The fraction of sp³-hybridized carbons (Fsp3) is 0.238. The van der Waals surface area contributed by atoms with Crippen molar-refractivity contribution in [2.75, 3.05) is 7.11 Å². The van der Waals surface area contributed by atoms with E-state index < -0.39 is 0 Å². The van der Waals surface area contributed by atoms with Crippen molar-refractivity contribution in [3.63, 3.8) is 0 Å². The van der Waals surface area contributed by atoms with Crippen LogP contribution in [0.5, 0.6) is 5.75 Å². The number of carbonyl (C=O) groups is 1. The maximum absolute atomic E-state index is 12.8. The van der Waals surface area contributed by atoms with Gasteiger partial charge in [-0.2, -0.15) is 5.10 Å². The van der Waals surface area contributed by atoms with Gasteiger partial charge in [-0.25, -0.2) is 4.68 Å². The number of amides is 1. The van der Waals surface area contributed by atoms with Crippen molar-refractivity contribution in [1.29, 1.82) is 0 Å². The molecule has 1 heterocycles. The van der Waals surface area contributed by atoms with Gasteiger partial charge in [0.15, 0.2) is 0 Å². The summed E-state index contributed by atoms with van der Waals surface area (Å²) in [5, 5.41) is 7.71. The fourth-order valence-electron chi connectivity index (χ4n) is 2.70. The van der Waals surface area contributed by atoms with E-state index in [1.807, 2.05) is 68.4 Å². The Morgan fingerprint density at radius 2 is 1.85 bits per heavy atom. The first-order valence-corrected chi connectivity index (χ1v) is 8.73. The van der Waals surface area contributed by atoms with Crippen LogP contribution < -0.4 is 10.1 Å². The number of aromatic nitrogens is 2. The number of rotatable bonds is 6. The monoisotopic (exact) mass is 349 g/mol. The molecule has 1 aromatic heterocycles. The van der Waals surface area contributed by atoms with E-state index in [0.717, 1.165) is 17.7 Å². The minimum absolute atomic E-state index is 0.0908. The molecule has 0 radical (unpaired) electrons. The first-order chi connectivity index (χ1) is 12.6. The van der Waals surface area contributed by atoms with Crippen LogP contribution in [0.4, 0.5) is 0 Å². The molecule has 0 aliphatic heterocycles. The van der Waals surface area contributed by atoms with Gasteiger partial charge in [0.25, 0.3) is 5.91 Å². The van der Waals surface area contributed by atoms with Crippen LogP contribution in [-0.4, -0.2) is 28.8 Å². The van der Waals surface area contributed by atoms with E-state index in [0.29, 0.717) is 17.0 Å². The molecule has 0 bridgehead atoms. The average Bonchev–Trinajstić information content (AvgIpc) is 3.14. The molecule has 0 unspecified atom stereocenters. The molecule has 5 heteroatoms. The van der Waals surface area contributed by atoms with Gasteiger partial charge in [0.2, 0.25) is 0 Å². The molecule has 1 atom stereocenters. The van der Waals surface area contributed by atoms with E-state index in [2.05, 4.69) is 10.4 Å². The molecule has 1 amide bonds. The van der Waals surface area contributed by atoms with Crippen molar-refractivity contribution < 1.29 is 9.53 Å². The predicted molar refractivity (Wildman–Crippen MR) is 103 cm³/mol. The van der Waals surface area contributed by atoms with Crippen LogP contribution in [0.1, 0.15) is 30.6 Å². The summed E-state index contributed by atoms with van der Waals surface area (Å²) in [5.41, 5.74) is 2.82. The molecule has 3 aromatic rings. The van der Waals surface area contributed by atoms with Gasteiger partial charge in [0.1, 0.15) is 11.4 Å². The van der Waals surface area contributed by atoms with Crippen molar-refractivity contribution >= 4 is 5.91 Å². The van der Waals surface area contributed by atoms with Gasteiger partial charge in [-0.15, -0.1) is 0 Å². The third-order valence-electron chi connectivity index (χ3n) is 4.33. The highest BCUT2D eigenvalue weighted by molar-refractivity contribution is 6.00. The molecule has 0 aliphatic carbocycles. The Kier molecular flexibility index (Phi) is 5.37. The first kappa shape index (κ1) is 17.7. The zero-order chi connectivity index (χ0) is 18.5. The van der Waals surface area contributed by atoms with E-state index in [-0.39, 0.29) is 11.9 Å². The van der Waals surface area contributed by atoms with Gasteiger partial charge in [0, 0.05) is 17.8 Å². The van der Waals surface area contributed by atoms with Crippen LogP contribution in [-0.2, 0) is 0 Å². The summed E-state index contributed by atoms with van der Waals surface area (Å²) in [6.45, 7) is 4.03. The van der Waals surface area contributed by atoms with E-state index in [4.69, 9.17) is 4.74 Å². The van der Waals surface area contributed by atoms with Crippen LogP contribution in [0.25, 0.3) is 16.9 Å². The number of nitrogens with one attached hydrogen (secondary N) is 1. The Labute approximate surface area is 153 Å². The average molecular weight is 349 g/mol. The van der Waals surface area contributed by atoms with Gasteiger partial charge in [0.05, 0.1) is 18.4 Å². The number of hydrogen-bond donors (Lipinski definition) is 1. The third kappa shape index (κ3) is 3.61. The van der Waals surface area contributed by atoms with Crippen LogP contribution in [0.3, 0.4) is 0 Å². The van der Waals surface area contributed by atoms with Crippen molar-refractivity contribution in [2.45, 2.75) is 26.3 Å². The van der Waals surface area contributed by atoms with E-state index >= 15 is 0 Å². The molecule has 5 nitrogen and oxygen atoms in total. The molecule has 1 N–H and O–H groups in total. The summed E-state index contributed by atoms with van der Waals surface area (Å²) < 4.78 is 7.20. The highest BCUT2D eigenvalue weighted by Gasteiger charge is 2.21. The quantitative estimate of drug-likeness (QED) is 0.730. The van der Waals surface area contributed by atoms with Crippen LogP contribution >= 0.6 is 0 Å². The maximum Gasteiger partial charge on any atom is 0.255 e. The van der Waals surface area contributed by atoms with Gasteiger partial charge in [-0.05, 0) is 37.6 Å². The minimum atomic E-state index is -0.137. The second-order valence-corrected chi connectivity index (χ2v) is 6.15. The molecule has 2 aromatic carbocycles. The van der Waals surface area contributed by atoms with Crippen molar-refractivity contribution in [1.82, 2.24) is 15.1 Å². The molecule has 3 rings (SSSR count). The SMILES string of the molecule is CC[C@@H](C)NC(=O)c1cn(-c2ccccc2)nc1-c1ccccc1OC. The highest BCUT2D eigenvalue weighted by Crippen LogP contribution is 2.31. The van der Waals surface area contributed by atoms with E-state index in [1.165, 1.54) is 0 Å². The molecular formula is C21H23N3O2. The summed E-state index contributed by atoms with van der Waals surface area (Å²) in [5.74, 6) is 0.547. The van der Waals surface area contributed by atoms with Gasteiger partial charge in [-0.1, -0.05) is 37.3 Å². The highest BCUT2D eigenvalue weighted by atomic mass is 16.5. The van der Waals surface area contributed by atoms with Crippen molar-refractivity contribution in [3.8, 4) is 22.7 Å². The van der Waals surface area contributed by atoms with Gasteiger partial charge < -0.3 is 10.1 Å². The zero-order valence-corrected chi connectivity index (χ0v) is 15.3. The lowest BCUT2D eigenvalue weighted by molar-refractivity contribution is 0.0940. The number of para-hydroxylation sites is 2. The Balaban J connectivity index is 2.12. The molecule has 0 saturated heterocycles. The zero-order valence-electron chi connectivity index (χ0n) is 15.3. The Morgan fingerprint density at radius 3 is 2.54 bits per heavy atom. The lowest BCUT2D eigenvalue weighted by Crippen LogP contribution is -2.32.